The largest absolute Gasteiger partial charge is 0.375 e. The summed E-state index contributed by atoms with van der Waals surface area (Å²) < 4.78 is 5.55. The Bertz CT molecular complexity index is 341. The van der Waals surface area contributed by atoms with Gasteiger partial charge in [0.15, 0.2) is 0 Å². The average molecular weight is 250 g/mol. The van der Waals surface area contributed by atoms with Crippen LogP contribution in [0.3, 0.4) is 0 Å². The van der Waals surface area contributed by atoms with E-state index in [0.717, 1.165) is 12.0 Å². The normalized spacial score (nSPS) is 12.1. The summed E-state index contributed by atoms with van der Waals surface area (Å²) in [6.07, 6.45) is 1.21. The second kappa shape index (κ2) is 8.66. The van der Waals surface area contributed by atoms with Crippen LogP contribution in [0, 0.1) is 0 Å². The zero-order valence-electron chi connectivity index (χ0n) is 10.9. The molecule has 0 heterocycles. The van der Waals surface area contributed by atoms with Crippen LogP contribution >= 0.6 is 0 Å². The molecule has 1 aromatic rings. The van der Waals surface area contributed by atoms with E-state index in [0.29, 0.717) is 26.2 Å². The SMILES string of the molecule is CC(COCc1ccccc1)NC(=O)CCCN. The van der Waals surface area contributed by atoms with Crippen molar-refractivity contribution >= 4 is 5.91 Å². The van der Waals surface area contributed by atoms with Crippen LogP contribution in [0.25, 0.3) is 0 Å². The summed E-state index contributed by atoms with van der Waals surface area (Å²) in [7, 11) is 0. The van der Waals surface area contributed by atoms with Gasteiger partial charge >= 0.3 is 0 Å². The van der Waals surface area contributed by atoms with Gasteiger partial charge in [0.1, 0.15) is 0 Å². The van der Waals surface area contributed by atoms with E-state index in [1.165, 1.54) is 0 Å². The lowest BCUT2D eigenvalue weighted by Crippen LogP contribution is -2.35. The van der Waals surface area contributed by atoms with Crippen LogP contribution in [0.15, 0.2) is 30.3 Å². The standard InChI is InChI=1S/C14H22N2O2/c1-12(16-14(17)8-5-9-15)10-18-11-13-6-3-2-4-7-13/h2-4,6-7,12H,5,8-11,15H2,1H3,(H,16,17). The number of ether oxygens (including phenoxy) is 1. The van der Waals surface area contributed by atoms with Crippen LogP contribution in [-0.2, 0) is 16.1 Å². The summed E-state index contributed by atoms with van der Waals surface area (Å²) in [6.45, 7) is 3.57. The molecule has 0 radical (unpaired) electrons. The number of hydrogen-bond donors (Lipinski definition) is 2. The van der Waals surface area contributed by atoms with Crippen molar-refractivity contribution in [3.8, 4) is 0 Å². The third-order valence-electron chi connectivity index (χ3n) is 2.49. The molecule has 0 saturated carbocycles. The molecule has 0 aliphatic heterocycles. The minimum absolute atomic E-state index is 0.0268. The van der Waals surface area contributed by atoms with E-state index in [9.17, 15) is 4.79 Å². The molecule has 1 unspecified atom stereocenters. The maximum Gasteiger partial charge on any atom is 0.220 e. The average Bonchev–Trinajstić information content (AvgIpc) is 2.37. The van der Waals surface area contributed by atoms with Gasteiger partial charge in [-0.1, -0.05) is 30.3 Å². The van der Waals surface area contributed by atoms with Crippen molar-refractivity contribution in [2.24, 2.45) is 5.73 Å². The van der Waals surface area contributed by atoms with E-state index in [-0.39, 0.29) is 11.9 Å². The lowest BCUT2D eigenvalue weighted by atomic mass is 10.2. The first kappa shape index (κ1) is 14.7. The lowest BCUT2D eigenvalue weighted by Gasteiger charge is -2.14. The molecule has 1 rings (SSSR count). The Balaban J connectivity index is 2.13. The zero-order valence-corrected chi connectivity index (χ0v) is 10.9. The lowest BCUT2D eigenvalue weighted by molar-refractivity contribution is -0.122. The molecule has 0 saturated heterocycles. The Morgan fingerprint density at radius 1 is 1.39 bits per heavy atom. The Morgan fingerprint density at radius 2 is 2.11 bits per heavy atom. The predicted molar refractivity (Wildman–Crippen MR) is 72.0 cm³/mol. The summed E-state index contributed by atoms with van der Waals surface area (Å²) in [5.74, 6) is 0.0382. The molecule has 100 valence electrons. The number of benzene rings is 1. The number of nitrogens with two attached hydrogens (primary N) is 1. The highest BCUT2D eigenvalue weighted by molar-refractivity contribution is 5.76. The maximum atomic E-state index is 11.4. The third-order valence-corrected chi connectivity index (χ3v) is 2.49. The van der Waals surface area contributed by atoms with Crippen LogP contribution in [-0.4, -0.2) is 25.1 Å². The van der Waals surface area contributed by atoms with E-state index in [4.69, 9.17) is 10.5 Å². The van der Waals surface area contributed by atoms with E-state index in [2.05, 4.69) is 5.32 Å². The molecule has 3 N–H and O–H groups in total. The van der Waals surface area contributed by atoms with Gasteiger partial charge in [-0.15, -0.1) is 0 Å². The highest BCUT2D eigenvalue weighted by atomic mass is 16.5. The molecule has 0 aliphatic carbocycles. The molecule has 1 amide bonds. The predicted octanol–water partition coefficient (Wildman–Crippen LogP) is 1.45. The third kappa shape index (κ3) is 6.37. The summed E-state index contributed by atoms with van der Waals surface area (Å²) in [6, 6.07) is 10.0. The summed E-state index contributed by atoms with van der Waals surface area (Å²) in [4.78, 5) is 11.4. The van der Waals surface area contributed by atoms with Crippen molar-refractivity contribution in [2.75, 3.05) is 13.2 Å². The van der Waals surface area contributed by atoms with Crippen LogP contribution in [0.1, 0.15) is 25.3 Å². The van der Waals surface area contributed by atoms with Crippen molar-refractivity contribution in [3.05, 3.63) is 35.9 Å². The van der Waals surface area contributed by atoms with Crippen LogP contribution < -0.4 is 11.1 Å². The molecule has 18 heavy (non-hydrogen) atoms. The molecule has 0 aliphatic rings. The molecule has 4 nitrogen and oxygen atoms in total. The molecular weight excluding hydrogens is 228 g/mol. The van der Waals surface area contributed by atoms with E-state index < -0.39 is 0 Å². The Hall–Kier alpha value is -1.39. The van der Waals surface area contributed by atoms with Gasteiger partial charge in [-0.2, -0.15) is 0 Å². The number of rotatable bonds is 8. The second-order valence-electron chi connectivity index (χ2n) is 4.36. The first-order chi connectivity index (χ1) is 8.72. The number of carbonyl (C=O) groups is 1. The highest BCUT2D eigenvalue weighted by Gasteiger charge is 2.06. The van der Waals surface area contributed by atoms with E-state index in [1.807, 2.05) is 37.3 Å². The quantitative estimate of drug-likeness (QED) is 0.734. The molecule has 0 spiro atoms. The van der Waals surface area contributed by atoms with Crippen molar-refractivity contribution in [1.29, 1.82) is 0 Å². The maximum absolute atomic E-state index is 11.4. The first-order valence-corrected chi connectivity index (χ1v) is 6.33. The van der Waals surface area contributed by atoms with Gasteiger partial charge in [-0.05, 0) is 25.5 Å². The Labute approximate surface area is 109 Å². The minimum Gasteiger partial charge on any atom is -0.375 e. The van der Waals surface area contributed by atoms with Crippen LogP contribution in [0.5, 0.6) is 0 Å². The fourth-order valence-corrected chi connectivity index (χ4v) is 1.58. The van der Waals surface area contributed by atoms with E-state index >= 15 is 0 Å². The van der Waals surface area contributed by atoms with Crippen LogP contribution in [0.2, 0.25) is 0 Å². The molecule has 0 bridgehead atoms. The van der Waals surface area contributed by atoms with Gasteiger partial charge in [0.05, 0.1) is 13.2 Å². The number of carbonyl (C=O) groups excluding carboxylic acids is 1. The smallest absolute Gasteiger partial charge is 0.220 e. The monoisotopic (exact) mass is 250 g/mol. The van der Waals surface area contributed by atoms with Crippen molar-refractivity contribution in [2.45, 2.75) is 32.4 Å². The van der Waals surface area contributed by atoms with E-state index in [1.54, 1.807) is 0 Å². The summed E-state index contributed by atoms with van der Waals surface area (Å²) in [5, 5.41) is 2.88. The van der Waals surface area contributed by atoms with Crippen molar-refractivity contribution in [1.82, 2.24) is 5.32 Å². The topological polar surface area (TPSA) is 64.3 Å². The number of hydrogen-bond acceptors (Lipinski definition) is 3. The van der Waals surface area contributed by atoms with Crippen molar-refractivity contribution < 1.29 is 9.53 Å². The molecule has 4 heteroatoms. The Morgan fingerprint density at radius 3 is 2.78 bits per heavy atom. The van der Waals surface area contributed by atoms with Crippen molar-refractivity contribution in [3.63, 3.8) is 0 Å². The second-order valence-corrected chi connectivity index (χ2v) is 4.36. The molecule has 0 aromatic heterocycles. The summed E-state index contributed by atoms with van der Waals surface area (Å²) in [5.41, 5.74) is 6.49. The van der Waals surface area contributed by atoms with Gasteiger partial charge in [0.2, 0.25) is 5.91 Å². The Kier molecular flexibility index (Phi) is 7.06. The fraction of sp³-hybridized carbons (Fsp3) is 0.500. The number of amides is 1. The fourth-order valence-electron chi connectivity index (χ4n) is 1.58. The highest BCUT2D eigenvalue weighted by Crippen LogP contribution is 2.01. The van der Waals surface area contributed by atoms with Crippen LogP contribution in [0.4, 0.5) is 0 Å². The zero-order chi connectivity index (χ0) is 13.2. The molecule has 0 fully saturated rings. The molecule has 1 aromatic carbocycles. The van der Waals surface area contributed by atoms with Gasteiger partial charge in [-0.25, -0.2) is 0 Å². The van der Waals surface area contributed by atoms with Gasteiger partial charge < -0.3 is 15.8 Å². The first-order valence-electron chi connectivity index (χ1n) is 6.33. The molecular formula is C14H22N2O2. The molecule has 1 atom stereocenters. The minimum atomic E-state index is 0.0268. The van der Waals surface area contributed by atoms with Gasteiger partial charge in [0, 0.05) is 12.5 Å². The van der Waals surface area contributed by atoms with Gasteiger partial charge in [0.25, 0.3) is 0 Å². The van der Waals surface area contributed by atoms with Gasteiger partial charge in [-0.3, -0.25) is 4.79 Å². The summed E-state index contributed by atoms with van der Waals surface area (Å²) >= 11 is 0. The number of nitrogens with one attached hydrogen (secondary N) is 1.